The van der Waals surface area contributed by atoms with Crippen molar-refractivity contribution in [2.24, 2.45) is 7.05 Å². The number of tetrazole rings is 1. The maximum atomic E-state index is 12.1. The molecule has 0 aliphatic heterocycles. The number of carbonyl (C=O) groups excluding carboxylic acids is 2. The van der Waals surface area contributed by atoms with Crippen LogP contribution in [-0.4, -0.2) is 38.1 Å². The third kappa shape index (κ3) is 5.23. The Morgan fingerprint density at radius 2 is 1.75 bits per heavy atom. The van der Waals surface area contributed by atoms with Crippen LogP contribution >= 0.6 is 0 Å². The van der Waals surface area contributed by atoms with E-state index in [1.54, 1.807) is 31.3 Å². The predicted molar refractivity (Wildman–Crippen MR) is 105 cm³/mol. The Kier molecular flexibility index (Phi) is 6.11. The number of hydrogen-bond donors (Lipinski definition) is 2. The summed E-state index contributed by atoms with van der Waals surface area (Å²) in [7, 11) is 1.69. The van der Waals surface area contributed by atoms with Gasteiger partial charge in [0, 0.05) is 17.3 Å². The molecule has 144 valence electrons. The second-order valence-electron chi connectivity index (χ2n) is 6.53. The number of nitrogens with one attached hydrogen (secondary N) is 2. The monoisotopic (exact) mass is 378 g/mol. The molecular weight excluding hydrogens is 356 g/mol. The fourth-order valence-corrected chi connectivity index (χ4v) is 2.68. The van der Waals surface area contributed by atoms with Crippen molar-refractivity contribution in [3.8, 4) is 11.4 Å². The van der Waals surface area contributed by atoms with E-state index in [0.29, 0.717) is 11.5 Å². The lowest BCUT2D eigenvalue weighted by Gasteiger charge is -2.13. The Hall–Kier alpha value is -3.55. The van der Waals surface area contributed by atoms with Gasteiger partial charge in [0.2, 0.25) is 5.82 Å². The van der Waals surface area contributed by atoms with Gasteiger partial charge in [0.25, 0.3) is 0 Å². The van der Waals surface area contributed by atoms with E-state index in [4.69, 9.17) is 0 Å². The molecule has 0 saturated heterocycles. The van der Waals surface area contributed by atoms with Crippen LogP contribution in [0.4, 0.5) is 5.69 Å². The van der Waals surface area contributed by atoms with Crippen LogP contribution in [0.15, 0.2) is 54.6 Å². The molecule has 0 spiro atoms. The largest absolute Gasteiger partial charge is 0.345 e. The maximum Gasteiger partial charge on any atom is 0.313 e. The summed E-state index contributed by atoms with van der Waals surface area (Å²) in [6.45, 7) is 1.89. The maximum absolute atomic E-state index is 12.1. The molecule has 1 heterocycles. The highest BCUT2D eigenvalue weighted by Crippen LogP contribution is 2.17. The minimum Gasteiger partial charge on any atom is -0.345 e. The molecule has 0 fully saturated rings. The first-order valence-electron chi connectivity index (χ1n) is 9.01. The van der Waals surface area contributed by atoms with Gasteiger partial charge in [-0.15, -0.1) is 10.2 Å². The van der Waals surface area contributed by atoms with Gasteiger partial charge >= 0.3 is 11.8 Å². The second kappa shape index (κ2) is 8.90. The van der Waals surface area contributed by atoms with Gasteiger partial charge in [0.15, 0.2) is 0 Å². The van der Waals surface area contributed by atoms with E-state index in [-0.39, 0.29) is 6.04 Å². The summed E-state index contributed by atoms with van der Waals surface area (Å²) in [5, 5.41) is 17.1. The number of amides is 2. The molecule has 0 bridgehead atoms. The first kappa shape index (κ1) is 19.2. The Bertz CT molecular complexity index is 937. The zero-order chi connectivity index (χ0) is 19.9. The smallest absolute Gasteiger partial charge is 0.313 e. The zero-order valence-electron chi connectivity index (χ0n) is 15.8. The van der Waals surface area contributed by atoms with Gasteiger partial charge < -0.3 is 10.6 Å². The van der Waals surface area contributed by atoms with Gasteiger partial charge in [-0.25, -0.2) is 0 Å². The van der Waals surface area contributed by atoms with E-state index in [1.807, 2.05) is 37.3 Å². The molecule has 2 aromatic carbocycles. The Labute approximate surface area is 163 Å². The quantitative estimate of drug-likeness (QED) is 0.639. The van der Waals surface area contributed by atoms with Crippen molar-refractivity contribution < 1.29 is 9.59 Å². The van der Waals surface area contributed by atoms with Crippen LogP contribution in [0.25, 0.3) is 11.4 Å². The molecule has 0 saturated carbocycles. The number of nitrogens with zero attached hydrogens (tertiary/aromatic N) is 4. The summed E-state index contributed by atoms with van der Waals surface area (Å²) in [6, 6.07) is 16.8. The molecule has 8 nitrogen and oxygen atoms in total. The molecule has 0 unspecified atom stereocenters. The van der Waals surface area contributed by atoms with Crippen molar-refractivity contribution in [1.82, 2.24) is 25.5 Å². The summed E-state index contributed by atoms with van der Waals surface area (Å²) in [6.07, 6.45) is 1.59. The third-order valence-electron chi connectivity index (χ3n) is 4.20. The van der Waals surface area contributed by atoms with Gasteiger partial charge in [-0.05, 0) is 54.8 Å². The molecule has 0 aliphatic carbocycles. The van der Waals surface area contributed by atoms with Crippen LogP contribution in [0.5, 0.6) is 0 Å². The van der Waals surface area contributed by atoms with E-state index < -0.39 is 11.8 Å². The summed E-state index contributed by atoms with van der Waals surface area (Å²) in [5.41, 5.74) is 2.49. The van der Waals surface area contributed by atoms with Crippen molar-refractivity contribution in [3.63, 3.8) is 0 Å². The van der Waals surface area contributed by atoms with Crippen LogP contribution in [-0.2, 0) is 23.1 Å². The molecule has 0 aliphatic rings. The number of carbonyl (C=O) groups is 2. The van der Waals surface area contributed by atoms with Gasteiger partial charge in [0.1, 0.15) is 0 Å². The number of benzene rings is 2. The lowest BCUT2D eigenvalue weighted by atomic mass is 10.1. The minimum atomic E-state index is -0.697. The molecule has 2 amide bonds. The molecule has 3 aromatic rings. The number of hydrogen-bond acceptors (Lipinski definition) is 5. The highest BCUT2D eigenvalue weighted by Gasteiger charge is 2.16. The summed E-state index contributed by atoms with van der Waals surface area (Å²) in [4.78, 5) is 25.6. The van der Waals surface area contributed by atoms with E-state index in [1.165, 1.54) is 10.4 Å². The Morgan fingerprint density at radius 3 is 2.39 bits per heavy atom. The molecule has 0 radical (unpaired) electrons. The number of aryl methyl sites for hydroxylation is 2. The molecule has 1 atom stereocenters. The SMILES string of the molecule is C[C@H](CCc1ccccc1)NC(=O)C(=O)Nc1ccc(-c2nnn(C)n2)cc1. The predicted octanol–water partition coefficient (Wildman–Crippen LogP) is 1.95. The van der Waals surface area contributed by atoms with Crippen LogP contribution < -0.4 is 10.6 Å². The summed E-state index contributed by atoms with van der Waals surface area (Å²) in [5.74, 6) is -0.859. The Balaban J connectivity index is 1.49. The van der Waals surface area contributed by atoms with Crippen LogP contribution in [0.3, 0.4) is 0 Å². The standard InChI is InChI=1S/C20H22N6O2/c1-14(8-9-15-6-4-3-5-7-15)21-19(27)20(28)22-17-12-10-16(11-13-17)18-23-25-26(2)24-18/h3-7,10-14H,8-9H2,1-2H3,(H,21,27)(H,22,28)/t14-/m1/s1. The van der Waals surface area contributed by atoms with E-state index in [9.17, 15) is 9.59 Å². The van der Waals surface area contributed by atoms with Gasteiger partial charge in [-0.3, -0.25) is 9.59 Å². The van der Waals surface area contributed by atoms with Gasteiger partial charge in [-0.2, -0.15) is 4.80 Å². The molecule has 2 N–H and O–H groups in total. The fraction of sp³-hybridized carbons (Fsp3) is 0.250. The van der Waals surface area contributed by atoms with Crippen LogP contribution in [0.1, 0.15) is 18.9 Å². The summed E-state index contributed by atoms with van der Waals surface area (Å²) >= 11 is 0. The lowest BCUT2D eigenvalue weighted by molar-refractivity contribution is -0.136. The zero-order valence-corrected chi connectivity index (χ0v) is 15.8. The molecule has 3 rings (SSSR count). The second-order valence-corrected chi connectivity index (χ2v) is 6.53. The normalized spacial score (nSPS) is 11.6. The molecule has 8 heteroatoms. The fourth-order valence-electron chi connectivity index (χ4n) is 2.68. The highest BCUT2D eigenvalue weighted by molar-refractivity contribution is 6.39. The van der Waals surface area contributed by atoms with Crippen molar-refractivity contribution >= 4 is 17.5 Å². The number of rotatable bonds is 6. The number of aromatic nitrogens is 4. The van der Waals surface area contributed by atoms with Crippen molar-refractivity contribution in [3.05, 3.63) is 60.2 Å². The van der Waals surface area contributed by atoms with Gasteiger partial charge in [0.05, 0.1) is 7.05 Å². The van der Waals surface area contributed by atoms with E-state index in [0.717, 1.165) is 18.4 Å². The lowest BCUT2D eigenvalue weighted by Crippen LogP contribution is -2.40. The Morgan fingerprint density at radius 1 is 1.04 bits per heavy atom. The van der Waals surface area contributed by atoms with Crippen LogP contribution in [0, 0.1) is 0 Å². The molecule has 28 heavy (non-hydrogen) atoms. The average Bonchev–Trinajstić information content (AvgIpc) is 3.14. The summed E-state index contributed by atoms with van der Waals surface area (Å²) < 4.78 is 0. The van der Waals surface area contributed by atoms with Gasteiger partial charge in [-0.1, -0.05) is 30.3 Å². The minimum absolute atomic E-state index is 0.108. The molecular formula is C20H22N6O2. The third-order valence-corrected chi connectivity index (χ3v) is 4.20. The van der Waals surface area contributed by atoms with Crippen molar-refractivity contribution in [1.29, 1.82) is 0 Å². The van der Waals surface area contributed by atoms with Crippen molar-refractivity contribution in [2.75, 3.05) is 5.32 Å². The average molecular weight is 378 g/mol. The topological polar surface area (TPSA) is 102 Å². The number of anilines is 1. The van der Waals surface area contributed by atoms with Crippen molar-refractivity contribution in [2.45, 2.75) is 25.8 Å². The molecule has 1 aromatic heterocycles. The van der Waals surface area contributed by atoms with Crippen LogP contribution in [0.2, 0.25) is 0 Å². The first-order chi connectivity index (χ1) is 13.5. The van der Waals surface area contributed by atoms with E-state index >= 15 is 0 Å². The van der Waals surface area contributed by atoms with E-state index in [2.05, 4.69) is 26.0 Å². The first-order valence-corrected chi connectivity index (χ1v) is 9.01. The highest BCUT2D eigenvalue weighted by atomic mass is 16.2.